The second kappa shape index (κ2) is 5.26. The lowest BCUT2D eigenvalue weighted by molar-refractivity contribution is 0.996. The van der Waals surface area contributed by atoms with Gasteiger partial charge in [0, 0.05) is 25.1 Å². The van der Waals surface area contributed by atoms with Gasteiger partial charge in [0.15, 0.2) is 0 Å². The maximum atomic E-state index is 4.29. The molecule has 0 aliphatic carbocycles. The summed E-state index contributed by atoms with van der Waals surface area (Å²) in [6.07, 6.45) is 6.43. The molecular formula is C13H15N3. The largest absolute Gasteiger partial charge is 0.370 e. The third-order valence-corrected chi connectivity index (χ3v) is 2.46. The van der Waals surface area contributed by atoms with Gasteiger partial charge in [0.05, 0.1) is 0 Å². The highest BCUT2D eigenvalue weighted by Crippen LogP contribution is 2.09. The Morgan fingerprint density at radius 2 is 1.94 bits per heavy atom. The summed E-state index contributed by atoms with van der Waals surface area (Å²) in [5.74, 6) is 0.969. The van der Waals surface area contributed by atoms with Crippen molar-refractivity contribution in [2.24, 2.45) is 0 Å². The number of hydrogen-bond acceptors (Lipinski definition) is 3. The third-order valence-electron chi connectivity index (χ3n) is 2.46. The quantitative estimate of drug-likeness (QED) is 0.847. The highest BCUT2D eigenvalue weighted by Gasteiger charge is 1.97. The predicted octanol–water partition coefficient (Wildman–Crippen LogP) is 2.44. The van der Waals surface area contributed by atoms with E-state index in [1.807, 2.05) is 36.8 Å². The first-order chi connectivity index (χ1) is 7.86. The van der Waals surface area contributed by atoms with Crippen molar-refractivity contribution in [1.82, 2.24) is 9.97 Å². The molecule has 0 unspecified atom stereocenters. The molecule has 0 aliphatic heterocycles. The first-order valence-corrected chi connectivity index (χ1v) is 5.40. The van der Waals surface area contributed by atoms with Gasteiger partial charge in [-0.2, -0.15) is 0 Å². The molecule has 0 saturated heterocycles. The summed E-state index contributed by atoms with van der Waals surface area (Å²) >= 11 is 0. The van der Waals surface area contributed by atoms with E-state index in [2.05, 4.69) is 28.3 Å². The molecule has 0 fully saturated rings. The molecule has 1 N–H and O–H groups in total. The standard InChI is InChI=1S/C13H15N3/c1-11-3-2-7-15-13(11)16-10-6-12-4-8-14-9-5-12/h2-5,7-9H,6,10H2,1H3,(H,15,16). The Morgan fingerprint density at radius 3 is 2.69 bits per heavy atom. The molecule has 2 aromatic heterocycles. The molecule has 0 aliphatic rings. The van der Waals surface area contributed by atoms with Crippen molar-refractivity contribution < 1.29 is 0 Å². The molecule has 3 heteroatoms. The van der Waals surface area contributed by atoms with Gasteiger partial charge in [-0.25, -0.2) is 4.98 Å². The summed E-state index contributed by atoms with van der Waals surface area (Å²) in [5, 5.41) is 3.33. The van der Waals surface area contributed by atoms with Crippen LogP contribution in [0.5, 0.6) is 0 Å². The van der Waals surface area contributed by atoms with Crippen LogP contribution in [0.15, 0.2) is 42.9 Å². The van der Waals surface area contributed by atoms with Crippen LogP contribution in [-0.2, 0) is 6.42 Å². The minimum Gasteiger partial charge on any atom is -0.370 e. The van der Waals surface area contributed by atoms with Crippen molar-refractivity contribution >= 4 is 5.82 Å². The highest BCUT2D eigenvalue weighted by atomic mass is 15.0. The fraction of sp³-hybridized carbons (Fsp3) is 0.231. The number of rotatable bonds is 4. The molecule has 0 bridgehead atoms. The van der Waals surface area contributed by atoms with Crippen LogP contribution in [0, 0.1) is 6.92 Å². The molecule has 2 aromatic rings. The third kappa shape index (κ3) is 2.79. The molecule has 0 aromatic carbocycles. The van der Waals surface area contributed by atoms with E-state index in [1.54, 1.807) is 0 Å². The summed E-state index contributed by atoms with van der Waals surface area (Å²) in [4.78, 5) is 8.28. The van der Waals surface area contributed by atoms with Gasteiger partial charge in [0.1, 0.15) is 5.82 Å². The van der Waals surface area contributed by atoms with Crippen LogP contribution in [0.4, 0.5) is 5.82 Å². The minimum atomic E-state index is 0.891. The van der Waals surface area contributed by atoms with E-state index in [1.165, 1.54) is 11.1 Å². The van der Waals surface area contributed by atoms with Crippen molar-refractivity contribution in [3.05, 3.63) is 54.0 Å². The van der Waals surface area contributed by atoms with Gasteiger partial charge in [-0.05, 0) is 42.7 Å². The predicted molar refractivity (Wildman–Crippen MR) is 65.4 cm³/mol. The van der Waals surface area contributed by atoms with Crippen molar-refractivity contribution in [3.8, 4) is 0 Å². The Balaban J connectivity index is 1.87. The van der Waals surface area contributed by atoms with E-state index in [0.717, 1.165) is 18.8 Å². The lowest BCUT2D eigenvalue weighted by Gasteiger charge is -2.07. The first-order valence-electron chi connectivity index (χ1n) is 5.40. The second-order valence-electron chi connectivity index (χ2n) is 3.70. The molecular weight excluding hydrogens is 198 g/mol. The van der Waals surface area contributed by atoms with E-state index < -0.39 is 0 Å². The molecule has 16 heavy (non-hydrogen) atoms. The van der Waals surface area contributed by atoms with Gasteiger partial charge in [-0.1, -0.05) is 6.07 Å². The van der Waals surface area contributed by atoms with Gasteiger partial charge < -0.3 is 5.32 Å². The first kappa shape index (κ1) is 10.6. The van der Waals surface area contributed by atoms with Crippen LogP contribution >= 0.6 is 0 Å². The second-order valence-corrected chi connectivity index (χ2v) is 3.70. The average molecular weight is 213 g/mol. The Morgan fingerprint density at radius 1 is 1.12 bits per heavy atom. The molecule has 0 spiro atoms. The van der Waals surface area contributed by atoms with Crippen LogP contribution in [0.3, 0.4) is 0 Å². The topological polar surface area (TPSA) is 37.8 Å². The zero-order valence-corrected chi connectivity index (χ0v) is 9.35. The zero-order valence-electron chi connectivity index (χ0n) is 9.35. The number of aromatic nitrogens is 2. The zero-order chi connectivity index (χ0) is 11.2. The Labute approximate surface area is 95.6 Å². The maximum Gasteiger partial charge on any atom is 0.128 e. The monoisotopic (exact) mass is 213 g/mol. The van der Waals surface area contributed by atoms with Gasteiger partial charge in [0.2, 0.25) is 0 Å². The van der Waals surface area contributed by atoms with Gasteiger partial charge in [-0.3, -0.25) is 4.98 Å². The van der Waals surface area contributed by atoms with Gasteiger partial charge in [-0.15, -0.1) is 0 Å². The number of nitrogens with zero attached hydrogens (tertiary/aromatic N) is 2. The van der Waals surface area contributed by atoms with Crippen molar-refractivity contribution in [2.45, 2.75) is 13.3 Å². The SMILES string of the molecule is Cc1cccnc1NCCc1ccncc1. The number of pyridine rings is 2. The fourth-order valence-corrected chi connectivity index (χ4v) is 1.55. The Bertz CT molecular complexity index is 440. The smallest absolute Gasteiger partial charge is 0.128 e. The number of aryl methyl sites for hydroxylation is 1. The summed E-state index contributed by atoms with van der Waals surface area (Å²) in [6.45, 7) is 2.95. The van der Waals surface area contributed by atoms with Crippen LogP contribution in [0.25, 0.3) is 0 Å². The van der Waals surface area contributed by atoms with Crippen LogP contribution in [-0.4, -0.2) is 16.5 Å². The maximum absolute atomic E-state index is 4.29. The molecule has 0 saturated carbocycles. The minimum absolute atomic E-state index is 0.891. The highest BCUT2D eigenvalue weighted by molar-refractivity contribution is 5.42. The van der Waals surface area contributed by atoms with Crippen molar-refractivity contribution in [1.29, 1.82) is 0 Å². The van der Waals surface area contributed by atoms with Gasteiger partial charge >= 0.3 is 0 Å². The average Bonchev–Trinajstić information content (AvgIpc) is 2.33. The normalized spacial score (nSPS) is 10.1. The Kier molecular flexibility index (Phi) is 3.49. The van der Waals surface area contributed by atoms with Crippen molar-refractivity contribution in [3.63, 3.8) is 0 Å². The summed E-state index contributed by atoms with van der Waals surface area (Å²) < 4.78 is 0. The van der Waals surface area contributed by atoms with E-state index >= 15 is 0 Å². The molecule has 0 radical (unpaired) electrons. The van der Waals surface area contributed by atoms with Crippen LogP contribution in [0.1, 0.15) is 11.1 Å². The van der Waals surface area contributed by atoms with Crippen LogP contribution in [0.2, 0.25) is 0 Å². The number of nitrogens with one attached hydrogen (secondary N) is 1. The summed E-state index contributed by atoms with van der Waals surface area (Å²) in [5.41, 5.74) is 2.47. The van der Waals surface area contributed by atoms with Crippen LogP contribution < -0.4 is 5.32 Å². The molecule has 0 amide bonds. The molecule has 82 valence electrons. The number of hydrogen-bond donors (Lipinski definition) is 1. The van der Waals surface area contributed by atoms with Gasteiger partial charge in [0.25, 0.3) is 0 Å². The summed E-state index contributed by atoms with van der Waals surface area (Å²) in [6, 6.07) is 8.07. The molecule has 2 rings (SSSR count). The molecule has 0 atom stereocenters. The molecule has 2 heterocycles. The summed E-state index contributed by atoms with van der Waals surface area (Å²) in [7, 11) is 0. The lowest BCUT2D eigenvalue weighted by Crippen LogP contribution is -2.07. The fourth-order valence-electron chi connectivity index (χ4n) is 1.55. The number of anilines is 1. The van der Waals surface area contributed by atoms with E-state index in [0.29, 0.717) is 0 Å². The Hall–Kier alpha value is -1.90. The van der Waals surface area contributed by atoms with E-state index in [-0.39, 0.29) is 0 Å². The van der Waals surface area contributed by atoms with E-state index in [4.69, 9.17) is 0 Å². The lowest BCUT2D eigenvalue weighted by atomic mass is 10.2. The molecule has 3 nitrogen and oxygen atoms in total. The van der Waals surface area contributed by atoms with Crippen molar-refractivity contribution in [2.75, 3.05) is 11.9 Å². The van der Waals surface area contributed by atoms with E-state index in [9.17, 15) is 0 Å².